The molecule has 0 bridgehead atoms. The molecule has 5 atom stereocenters. The van der Waals surface area contributed by atoms with Crippen LogP contribution in [0.25, 0.3) is 0 Å². The van der Waals surface area contributed by atoms with Gasteiger partial charge in [-0.15, -0.1) is 0 Å². The first-order valence-electron chi connectivity index (χ1n) is 13.0. The van der Waals surface area contributed by atoms with Crippen LogP contribution in [-0.2, 0) is 38.4 Å². The molecule has 0 saturated heterocycles. The van der Waals surface area contributed by atoms with E-state index in [4.69, 9.17) is 5.73 Å². The molecule has 0 aliphatic rings. The van der Waals surface area contributed by atoms with Crippen molar-refractivity contribution < 1.29 is 39.6 Å². The molecule has 5 unspecified atom stereocenters. The number of benzene rings is 2. The number of carbonyl (C=O) groups excluding carboxylic acids is 3. The maximum Gasteiger partial charge on any atom is 0.326 e. The SMILES string of the molecule is CC(O)C(NC(=O)C(N)Cc1ccc(O)cc1)C(=O)NC(Cc1cnc[nH]1)C(=O)NC(Cc1ccc(O)cc1)C(=O)O. The number of imidazole rings is 1. The zero-order valence-corrected chi connectivity index (χ0v) is 22.7. The van der Waals surface area contributed by atoms with E-state index in [0.717, 1.165) is 0 Å². The molecule has 10 N–H and O–H groups in total. The molecule has 0 aliphatic carbocycles. The summed E-state index contributed by atoms with van der Waals surface area (Å²) in [5.74, 6) is -3.74. The molecule has 42 heavy (non-hydrogen) atoms. The molecule has 3 aromatic rings. The van der Waals surface area contributed by atoms with Crippen molar-refractivity contribution in [2.75, 3.05) is 0 Å². The predicted octanol–water partition coefficient (Wildman–Crippen LogP) is -0.904. The van der Waals surface area contributed by atoms with Crippen molar-refractivity contribution in [3.05, 3.63) is 77.9 Å². The Morgan fingerprint density at radius 2 is 1.36 bits per heavy atom. The van der Waals surface area contributed by atoms with Gasteiger partial charge in [-0.3, -0.25) is 14.4 Å². The highest BCUT2D eigenvalue weighted by molar-refractivity contribution is 5.94. The van der Waals surface area contributed by atoms with Crippen molar-refractivity contribution in [2.24, 2.45) is 5.73 Å². The second kappa shape index (κ2) is 14.6. The molecule has 1 heterocycles. The van der Waals surface area contributed by atoms with Gasteiger partial charge in [0.05, 0.1) is 18.5 Å². The van der Waals surface area contributed by atoms with Crippen LogP contribution >= 0.6 is 0 Å². The number of rotatable bonds is 14. The highest BCUT2D eigenvalue weighted by Crippen LogP contribution is 2.13. The molecule has 3 rings (SSSR count). The number of aromatic nitrogens is 2. The molecule has 0 aliphatic heterocycles. The molecular formula is C28H34N6O8. The van der Waals surface area contributed by atoms with Crippen LogP contribution in [0.4, 0.5) is 0 Å². The van der Waals surface area contributed by atoms with Crippen LogP contribution in [0.15, 0.2) is 61.1 Å². The third-order valence-electron chi connectivity index (χ3n) is 6.39. The fraction of sp³-hybridized carbons (Fsp3) is 0.321. The highest BCUT2D eigenvalue weighted by atomic mass is 16.4. The van der Waals surface area contributed by atoms with Gasteiger partial charge in [0.25, 0.3) is 0 Å². The molecule has 0 spiro atoms. The van der Waals surface area contributed by atoms with Gasteiger partial charge in [-0.25, -0.2) is 9.78 Å². The van der Waals surface area contributed by atoms with Crippen molar-refractivity contribution in [1.29, 1.82) is 0 Å². The number of phenolic OH excluding ortho intramolecular Hbond substituents is 2. The van der Waals surface area contributed by atoms with E-state index in [9.17, 15) is 39.6 Å². The number of nitrogens with zero attached hydrogens (tertiary/aromatic N) is 1. The molecule has 3 amide bonds. The second-order valence-electron chi connectivity index (χ2n) is 9.82. The molecule has 0 saturated carbocycles. The Hall–Kier alpha value is -4.95. The van der Waals surface area contributed by atoms with Gasteiger partial charge in [0, 0.05) is 24.7 Å². The van der Waals surface area contributed by atoms with Gasteiger partial charge in [-0.2, -0.15) is 0 Å². The van der Waals surface area contributed by atoms with Crippen molar-refractivity contribution in [1.82, 2.24) is 25.9 Å². The van der Waals surface area contributed by atoms with Gasteiger partial charge < -0.3 is 47.1 Å². The van der Waals surface area contributed by atoms with Crippen LogP contribution in [0.1, 0.15) is 23.7 Å². The molecule has 0 radical (unpaired) electrons. The third-order valence-corrected chi connectivity index (χ3v) is 6.39. The maximum absolute atomic E-state index is 13.3. The number of carbonyl (C=O) groups is 4. The molecule has 224 valence electrons. The van der Waals surface area contributed by atoms with Crippen LogP contribution in [0.3, 0.4) is 0 Å². The number of H-pyrrole nitrogens is 1. The normalized spacial score (nSPS) is 14.5. The number of aromatic hydroxyl groups is 2. The highest BCUT2D eigenvalue weighted by Gasteiger charge is 2.33. The minimum absolute atomic E-state index is 0.00180. The summed E-state index contributed by atoms with van der Waals surface area (Å²) in [6, 6.07) is 6.60. The Kier molecular flexibility index (Phi) is 11.0. The van der Waals surface area contributed by atoms with Gasteiger partial charge in [0.2, 0.25) is 17.7 Å². The number of aliphatic hydroxyl groups excluding tert-OH is 1. The number of nitrogens with two attached hydrogens (primary N) is 1. The zero-order chi connectivity index (χ0) is 30.8. The molecular weight excluding hydrogens is 548 g/mol. The summed E-state index contributed by atoms with van der Waals surface area (Å²) in [6.45, 7) is 1.28. The average molecular weight is 583 g/mol. The van der Waals surface area contributed by atoms with Crippen LogP contribution < -0.4 is 21.7 Å². The number of aliphatic carboxylic acids is 1. The Balaban J connectivity index is 1.72. The number of nitrogens with one attached hydrogen (secondary N) is 4. The number of hydrogen-bond acceptors (Lipinski definition) is 9. The minimum atomic E-state index is -1.49. The Labute approximate surface area is 241 Å². The fourth-order valence-electron chi connectivity index (χ4n) is 4.07. The number of carboxylic acids is 1. The molecule has 1 aromatic heterocycles. The Morgan fingerprint density at radius 3 is 1.86 bits per heavy atom. The molecule has 0 fully saturated rings. The van der Waals surface area contributed by atoms with E-state index in [1.165, 1.54) is 55.8 Å². The van der Waals surface area contributed by atoms with Gasteiger partial charge >= 0.3 is 5.97 Å². The van der Waals surface area contributed by atoms with E-state index in [1.54, 1.807) is 12.1 Å². The molecule has 2 aromatic carbocycles. The van der Waals surface area contributed by atoms with Crippen LogP contribution in [0.2, 0.25) is 0 Å². The van der Waals surface area contributed by atoms with E-state index in [1.807, 2.05) is 0 Å². The van der Waals surface area contributed by atoms with E-state index < -0.39 is 54.0 Å². The molecule has 14 heteroatoms. The quantitative estimate of drug-likeness (QED) is 0.113. The van der Waals surface area contributed by atoms with Crippen LogP contribution in [0, 0.1) is 0 Å². The smallest absolute Gasteiger partial charge is 0.326 e. The van der Waals surface area contributed by atoms with Crippen molar-refractivity contribution in [3.8, 4) is 11.5 Å². The van der Waals surface area contributed by atoms with E-state index >= 15 is 0 Å². The number of hydrogen-bond donors (Lipinski definition) is 9. The van der Waals surface area contributed by atoms with Crippen molar-refractivity contribution in [2.45, 2.75) is 56.5 Å². The number of aliphatic hydroxyl groups is 1. The standard InChI is InChI=1S/C28H34N6O8/c1-15(35)24(34-25(38)21(29)10-16-2-6-19(36)7-3-16)27(40)32-22(12-18-13-30-14-31-18)26(39)33-23(28(41)42)11-17-4-8-20(37)9-5-17/h2-9,13-15,21-24,35-37H,10-12,29H2,1H3,(H,30,31)(H,32,40)(H,33,39)(H,34,38)(H,41,42). The van der Waals surface area contributed by atoms with E-state index in [-0.39, 0.29) is 30.8 Å². The van der Waals surface area contributed by atoms with Gasteiger partial charge in [-0.05, 0) is 48.7 Å². The number of carboxylic acid groups (broad SMARTS) is 1. The number of aromatic amines is 1. The summed E-state index contributed by atoms with van der Waals surface area (Å²) in [7, 11) is 0. The van der Waals surface area contributed by atoms with Gasteiger partial charge in [-0.1, -0.05) is 24.3 Å². The summed E-state index contributed by atoms with van der Waals surface area (Å²) in [6.07, 6.45) is 1.29. The summed E-state index contributed by atoms with van der Waals surface area (Å²) in [5.41, 5.74) is 7.65. The first-order valence-corrected chi connectivity index (χ1v) is 13.0. The number of amides is 3. The summed E-state index contributed by atoms with van der Waals surface area (Å²) in [4.78, 5) is 57.9. The lowest BCUT2D eigenvalue weighted by molar-refractivity contribution is -0.142. The van der Waals surface area contributed by atoms with E-state index in [2.05, 4.69) is 25.9 Å². The maximum atomic E-state index is 13.3. The fourth-order valence-corrected chi connectivity index (χ4v) is 4.07. The largest absolute Gasteiger partial charge is 0.508 e. The van der Waals surface area contributed by atoms with Crippen LogP contribution in [0.5, 0.6) is 11.5 Å². The summed E-state index contributed by atoms with van der Waals surface area (Å²) < 4.78 is 0. The Bertz CT molecular complexity index is 1350. The van der Waals surface area contributed by atoms with Crippen molar-refractivity contribution in [3.63, 3.8) is 0 Å². The average Bonchev–Trinajstić information content (AvgIpc) is 3.46. The minimum Gasteiger partial charge on any atom is -0.508 e. The topological polar surface area (TPSA) is 240 Å². The Morgan fingerprint density at radius 1 is 0.810 bits per heavy atom. The first-order chi connectivity index (χ1) is 19.9. The lowest BCUT2D eigenvalue weighted by Gasteiger charge is -2.26. The monoisotopic (exact) mass is 582 g/mol. The molecule has 14 nitrogen and oxygen atoms in total. The lowest BCUT2D eigenvalue weighted by Crippen LogP contribution is -2.60. The summed E-state index contributed by atoms with van der Waals surface area (Å²) in [5, 5.41) is 46.2. The third kappa shape index (κ3) is 9.31. The van der Waals surface area contributed by atoms with Crippen LogP contribution in [-0.4, -0.2) is 84.4 Å². The van der Waals surface area contributed by atoms with Gasteiger partial charge in [0.1, 0.15) is 29.6 Å². The lowest BCUT2D eigenvalue weighted by atomic mass is 10.0. The number of phenols is 2. The van der Waals surface area contributed by atoms with E-state index in [0.29, 0.717) is 16.8 Å². The van der Waals surface area contributed by atoms with Crippen molar-refractivity contribution >= 4 is 23.7 Å². The predicted molar refractivity (Wildman–Crippen MR) is 149 cm³/mol. The second-order valence-corrected chi connectivity index (χ2v) is 9.82. The van der Waals surface area contributed by atoms with Gasteiger partial charge in [0.15, 0.2) is 0 Å². The summed E-state index contributed by atoms with van der Waals surface area (Å²) >= 11 is 0. The first kappa shape index (κ1) is 31.6. The zero-order valence-electron chi connectivity index (χ0n) is 22.7.